The summed E-state index contributed by atoms with van der Waals surface area (Å²) < 4.78 is 3.50. The zero-order valence-corrected chi connectivity index (χ0v) is 15.3. The number of aromatic nitrogens is 6. The number of primary amides is 1. The first kappa shape index (κ1) is 16.9. The van der Waals surface area contributed by atoms with Gasteiger partial charge < -0.3 is 10.3 Å². The van der Waals surface area contributed by atoms with Gasteiger partial charge in [-0.25, -0.2) is 14.5 Å². The predicted octanol–water partition coefficient (Wildman–Crippen LogP) is 2.64. The zero-order valence-electron chi connectivity index (χ0n) is 15.3. The molecule has 0 spiro atoms. The molecule has 0 saturated carbocycles. The molecule has 0 aromatic carbocycles. The van der Waals surface area contributed by atoms with Crippen LogP contribution in [0.2, 0.25) is 0 Å². The van der Waals surface area contributed by atoms with E-state index in [0.717, 1.165) is 22.8 Å². The minimum Gasteiger partial charge on any atom is -0.364 e. The molecule has 4 aromatic heterocycles. The first-order chi connectivity index (χ1) is 13.0. The van der Waals surface area contributed by atoms with Gasteiger partial charge in [-0.2, -0.15) is 5.10 Å². The average molecular weight is 361 g/mol. The topological polar surface area (TPSA) is 104 Å². The van der Waals surface area contributed by atoms with E-state index in [-0.39, 0.29) is 11.7 Å². The molecule has 0 bridgehead atoms. The van der Waals surface area contributed by atoms with E-state index in [1.54, 1.807) is 12.4 Å². The number of rotatable bonds is 4. The lowest BCUT2D eigenvalue weighted by Crippen LogP contribution is -2.15. The van der Waals surface area contributed by atoms with Crippen LogP contribution >= 0.6 is 0 Å². The summed E-state index contributed by atoms with van der Waals surface area (Å²) in [7, 11) is 0. The van der Waals surface area contributed by atoms with Gasteiger partial charge in [-0.1, -0.05) is 6.07 Å². The Morgan fingerprint density at radius 3 is 2.63 bits per heavy atom. The zero-order chi connectivity index (χ0) is 19.1. The van der Waals surface area contributed by atoms with E-state index < -0.39 is 5.91 Å². The monoisotopic (exact) mass is 361 g/mol. The molecule has 27 heavy (non-hydrogen) atoms. The van der Waals surface area contributed by atoms with E-state index in [9.17, 15) is 4.79 Å². The smallest absolute Gasteiger partial charge is 0.269 e. The van der Waals surface area contributed by atoms with Crippen molar-refractivity contribution in [3.8, 4) is 22.8 Å². The van der Waals surface area contributed by atoms with Gasteiger partial charge >= 0.3 is 0 Å². The predicted molar refractivity (Wildman–Crippen MR) is 101 cm³/mol. The largest absolute Gasteiger partial charge is 0.364 e. The van der Waals surface area contributed by atoms with Crippen molar-refractivity contribution in [3.63, 3.8) is 0 Å². The first-order valence-corrected chi connectivity index (χ1v) is 8.61. The summed E-state index contributed by atoms with van der Waals surface area (Å²) in [6.45, 7) is 6.09. The number of carbonyl (C=O) groups excluding carboxylic acids is 1. The van der Waals surface area contributed by atoms with Crippen LogP contribution in [0.3, 0.4) is 0 Å². The fourth-order valence-electron chi connectivity index (χ4n) is 3.04. The van der Waals surface area contributed by atoms with Crippen LogP contribution in [0.15, 0.2) is 42.9 Å². The van der Waals surface area contributed by atoms with Crippen molar-refractivity contribution in [2.75, 3.05) is 0 Å². The standard InChI is InChI=1S/C19H19N7O/c1-11(2)25-10-22-17(13-6-4-5-12(3)23-13)18(25)14-7-8-16-21-9-15(19(20)27)26(16)24-14/h4-11H,1-3H3,(H2,20,27). The number of amides is 1. The third-order valence-electron chi connectivity index (χ3n) is 4.34. The molecule has 8 heteroatoms. The minimum absolute atomic E-state index is 0.168. The van der Waals surface area contributed by atoms with Gasteiger partial charge in [0.25, 0.3) is 5.91 Å². The van der Waals surface area contributed by atoms with Crippen LogP contribution in [0.25, 0.3) is 28.4 Å². The van der Waals surface area contributed by atoms with Crippen LogP contribution in [-0.4, -0.2) is 35.0 Å². The lowest BCUT2D eigenvalue weighted by molar-refractivity contribution is 0.0993. The minimum atomic E-state index is -0.579. The van der Waals surface area contributed by atoms with Gasteiger partial charge in [-0.3, -0.25) is 9.78 Å². The number of aryl methyl sites for hydroxylation is 1. The maximum absolute atomic E-state index is 11.7. The number of nitrogens with zero attached hydrogens (tertiary/aromatic N) is 6. The summed E-state index contributed by atoms with van der Waals surface area (Å²) in [6, 6.07) is 9.66. The van der Waals surface area contributed by atoms with Crippen LogP contribution in [0.5, 0.6) is 0 Å². The molecular formula is C19H19N7O. The van der Waals surface area contributed by atoms with Crippen LogP contribution < -0.4 is 5.73 Å². The van der Waals surface area contributed by atoms with Crippen molar-refractivity contribution in [2.24, 2.45) is 5.73 Å². The van der Waals surface area contributed by atoms with E-state index >= 15 is 0 Å². The highest BCUT2D eigenvalue weighted by molar-refractivity contribution is 5.91. The number of imidazole rings is 2. The van der Waals surface area contributed by atoms with Gasteiger partial charge in [0.05, 0.1) is 23.9 Å². The van der Waals surface area contributed by atoms with Crippen LogP contribution in [0.1, 0.15) is 36.1 Å². The highest BCUT2D eigenvalue weighted by Crippen LogP contribution is 2.31. The number of pyridine rings is 1. The molecule has 4 aromatic rings. The fraction of sp³-hybridized carbons (Fsp3) is 0.211. The van der Waals surface area contributed by atoms with E-state index in [0.29, 0.717) is 11.3 Å². The Bertz CT molecular complexity index is 1160. The summed E-state index contributed by atoms with van der Waals surface area (Å²) in [4.78, 5) is 25.0. The molecule has 8 nitrogen and oxygen atoms in total. The Labute approximate surface area is 155 Å². The van der Waals surface area contributed by atoms with E-state index in [2.05, 4.69) is 33.9 Å². The normalized spacial score (nSPS) is 11.4. The van der Waals surface area contributed by atoms with Crippen molar-refractivity contribution >= 4 is 11.6 Å². The maximum atomic E-state index is 11.7. The number of hydrogen-bond donors (Lipinski definition) is 1. The van der Waals surface area contributed by atoms with Gasteiger partial charge in [-0.15, -0.1) is 0 Å². The van der Waals surface area contributed by atoms with Crippen LogP contribution in [0.4, 0.5) is 0 Å². The average Bonchev–Trinajstić information content (AvgIpc) is 3.25. The molecule has 4 rings (SSSR count). The first-order valence-electron chi connectivity index (χ1n) is 8.61. The second kappa shape index (κ2) is 6.31. The molecule has 4 heterocycles. The molecule has 0 saturated heterocycles. The molecule has 0 aliphatic rings. The summed E-state index contributed by atoms with van der Waals surface area (Å²) in [6.07, 6.45) is 3.21. The van der Waals surface area contributed by atoms with Crippen LogP contribution in [-0.2, 0) is 0 Å². The third kappa shape index (κ3) is 2.84. The van der Waals surface area contributed by atoms with Gasteiger partial charge in [0.15, 0.2) is 5.65 Å². The number of fused-ring (bicyclic) bond motifs is 1. The number of carbonyl (C=O) groups is 1. The number of hydrogen-bond acceptors (Lipinski definition) is 5. The lowest BCUT2D eigenvalue weighted by atomic mass is 10.1. The highest BCUT2D eigenvalue weighted by Gasteiger charge is 2.20. The Hall–Kier alpha value is -3.55. The van der Waals surface area contributed by atoms with Gasteiger partial charge in [0.1, 0.15) is 17.1 Å². The Morgan fingerprint density at radius 1 is 1.11 bits per heavy atom. The van der Waals surface area contributed by atoms with Crippen molar-refractivity contribution < 1.29 is 4.79 Å². The summed E-state index contributed by atoms with van der Waals surface area (Å²) in [5.41, 5.74) is 10.1. The molecular weight excluding hydrogens is 342 g/mol. The molecule has 136 valence electrons. The highest BCUT2D eigenvalue weighted by atomic mass is 16.1. The van der Waals surface area contributed by atoms with E-state index in [1.807, 2.05) is 35.8 Å². The third-order valence-corrected chi connectivity index (χ3v) is 4.34. The van der Waals surface area contributed by atoms with Crippen molar-refractivity contribution in [1.82, 2.24) is 29.1 Å². The van der Waals surface area contributed by atoms with Crippen molar-refractivity contribution in [2.45, 2.75) is 26.8 Å². The SMILES string of the molecule is Cc1cccc(-c2ncn(C(C)C)c2-c2ccc3ncc(C(N)=O)n3n2)n1. The van der Waals surface area contributed by atoms with E-state index in [1.165, 1.54) is 10.7 Å². The van der Waals surface area contributed by atoms with E-state index in [4.69, 9.17) is 5.73 Å². The summed E-state index contributed by atoms with van der Waals surface area (Å²) in [5.74, 6) is -0.579. The molecule has 2 N–H and O–H groups in total. The quantitative estimate of drug-likeness (QED) is 0.602. The second-order valence-electron chi connectivity index (χ2n) is 6.60. The molecule has 0 unspecified atom stereocenters. The molecule has 0 fully saturated rings. The molecule has 1 amide bonds. The summed E-state index contributed by atoms with van der Waals surface area (Å²) >= 11 is 0. The van der Waals surface area contributed by atoms with Gasteiger partial charge in [0.2, 0.25) is 0 Å². The second-order valence-corrected chi connectivity index (χ2v) is 6.60. The molecule has 0 radical (unpaired) electrons. The summed E-state index contributed by atoms with van der Waals surface area (Å²) in [5, 5.41) is 4.62. The molecule has 0 aliphatic carbocycles. The Morgan fingerprint density at radius 2 is 1.93 bits per heavy atom. The fourth-order valence-corrected chi connectivity index (χ4v) is 3.04. The number of nitrogens with two attached hydrogens (primary N) is 1. The lowest BCUT2D eigenvalue weighted by Gasteiger charge is -2.13. The molecule has 0 atom stereocenters. The molecule has 0 aliphatic heterocycles. The Kier molecular flexibility index (Phi) is 3.95. The van der Waals surface area contributed by atoms with Crippen molar-refractivity contribution in [3.05, 3.63) is 54.2 Å². The van der Waals surface area contributed by atoms with Crippen LogP contribution in [0, 0.1) is 6.92 Å². The van der Waals surface area contributed by atoms with Crippen molar-refractivity contribution in [1.29, 1.82) is 0 Å². The van der Waals surface area contributed by atoms with Gasteiger partial charge in [-0.05, 0) is 45.0 Å². The Balaban J connectivity index is 1.97. The maximum Gasteiger partial charge on any atom is 0.269 e. The van der Waals surface area contributed by atoms with Gasteiger partial charge in [0, 0.05) is 11.7 Å².